The number of fused-ring (bicyclic) bond motifs is 2. The summed E-state index contributed by atoms with van der Waals surface area (Å²) in [7, 11) is 1.93. The lowest BCUT2D eigenvalue weighted by molar-refractivity contribution is 0.0998. The van der Waals surface area contributed by atoms with Crippen LogP contribution in [-0.2, 0) is 4.74 Å². The molecule has 0 amide bonds. The van der Waals surface area contributed by atoms with Gasteiger partial charge >= 0.3 is 0 Å². The van der Waals surface area contributed by atoms with Crippen molar-refractivity contribution in [1.82, 2.24) is 9.97 Å². The van der Waals surface area contributed by atoms with E-state index in [4.69, 9.17) is 14.7 Å². The minimum absolute atomic E-state index is 0.342. The van der Waals surface area contributed by atoms with E-state index in [-0.39, 0.29) is 0 Å². The van der Waals surface area contributed by atoms with Crippen molar-refractivity contribution in [3.63, 3.8) is 0 Å². The molecule has 1 N–H and O–H groups in total. The normalized spacial score (nSPS) is 29.2. The Labute approximate surface area is 127 Å². The standard InChI is InChI=1S/C14H20IN3O/c1-7(2)12-11(15)14(16-3)18-13(17-12)9-6-8-4-5-10(9)19-8/h7-10H,4-6H2,1-3H3,(H,16,17,18). The smallest absolute Gasteiger partial charge is 0.143 e. The van der Waals surface area contributed by atoms with Crippen LogP contribution < -0.4 is 5.32 Å². The summed E-state index contributed by atoms with van der Waals surface area (Å²) in [5.74, 6) is 2.73. The zero-order valence-electron chi connectivity index (χ0n) is 11.6. The molecular formula is C14H20IN3O. The quantitative estimate of drug-likeness (QED) is 0.827. The van der Waals surface area contributed by atoms with E-state index in [1.165, 1.54) is 6.42 Å². The second-order valence-corrected chi connectivity index (χ2v) is 6.83. The van der Waals surface area contributed by atoms with Crippen molar-refractivity contribution in [3.05, 3.63) is 15.1 Å². The number of aromatic nitrogens is 2. The van der Waals surface area contributed by atoms with Gasteiger partial charge in [-0.15, -0.1) is 0 Å². The molecule has 2 aliphatic heterocycles. The zero-order valence-corrected chi connectivity index (χ0v) is 13.8. The Hall–Kier alpha value is -0.430. The van der Waals surface area contributed by atoms with Crippen molar-refractivity contribution in [2.45, 2.75) is 57.2 Å². The predicted octanol–water partition coefficient (Wildman–Crippen LogP) is 3.28. The summed E-state index contributed by atoms with van der Waals surface area (Å²) in [5, 5.41) is 3.20. The highest BCUT2D eigenvalue weighted by Crippen LogP contribution is 2.44. The summed E-state index contributed by atoms with van der Waals surface area (Å²) in [6.07, 6.45) is 4.25. The SMILES string of the molecule is CNc1nc(C2CC3CCC2O3)nc(C(C)C)c1I. The van der Waals surface area contributed by atoms with Crippen LogP contribution in [0.5, 0.6) is 0 Å². The van der Waals surface area contributed by atoms with E-state index in [1.807, 2.05) is 7.05 Å². The van der Waals surface area contributed by atoms with Gasteiger partial charge in [-0.05, 0) is 47.8 Å². The van der Waals surface area contributed by atoms with E-state index < -0.39 is 0 Å². The minimum Gasteiger partial charge on any atom is -0.374 e. The molecule has 19 heavy (non-hydrogen) atoms. The van der Waals surface area contributed by atoms with Gasteiger partial charge in [0.15, 0.2) is 0 Å². The van der Waals surface area contributed by atoms with Crippen LogP contribution in [0.15, 0.2) is 0 Å². The topological polar surface area (TPSA) is 47.0 Å². The monoisotopic (exact) mass is 373 g/mol. The molecule has 4 nitrogen and oxygen atoms in total. The zero-order chi connectivity index (χ0) is 13.6. The van der Waals surface area contributed by atoms with Crippen molar-refractivity contribution >= 4 is 28.4 Å². The molecule has 1 aromatic heterocycles. The molecule has 3 unspecified atom stereocenters. The summed E-state index contributed by atoms with van der Waals surface area (Å²) >= 11 is 2.34. The van der Waals surface area contributed by atoms with Crippen molar-refractivity contribution in [2.24, 2.45) is 0 Å². The van der Waals surface area contributed by atoms with Crippen LogP contribution in [0.4, 0.5) is 5.82 Å². The van der Waals surface area contributed by atoms with Crippen LogP contribution in [0.25, 0.3) is 0 Å². The van der Waals surface area contributed by atoms with Gasteiger partial charge in [0.05, 0.1) is 21.5 Å². The van der Waals surface area contributed by atoms with Gasteiger partial charge in [-0.25, -0.2) is 9.97 Å². The molecule has 104 valence electrons. The van der Waals surface area contributed by atoms with E-state index >= 15 is 0 Å². The van der Waals surface area contributed by atoms with Gasteiger partial charge in [0.1, 0.15) is 11.6 Å². The molecule has 3 heterocycles. The lowest BCUT2D eigenvalue weighted by atomic mass is 9.88. The average Bonchev–Trinajstić information content (AvgIpc) is 3.01. The second-order valence-electron chi connectivity index (χ2n) is 5.75. The Balaban J connectivity index is 1.99. The highest BCUT2D eigenvalue weighted by Gasteiger charge is 2.43. The van der Waals surface area contributed by atoms with Crippen molar-refractivity contribution in [1.29, 1.82) is 0 Å². The van der Waals surface area contributed by atoms with E-state index in [0.717, 1.165) is 33.7 Å². The first-order valence-corrected chi connectivity index (χ1v) is 8.08. The Morgan fingerprint density at radius 1 is 1.32 bits per heavy atom. The maximum absolute atomic E-state index is 5.94. The molecule has 2 bridgehead atoms. The number of nitrogens with zero attached hydrogens (tertiary/aromatic N) is 2. The molecule has 1 aromatic rings. The maximum Gasteiger partial charge on any atom is 0.143 e. The Morgan fingerprint density at radius 2 is 2.11 bits per heavy atom. The van der Waals surface area contributed by atoms with Crippen LogP contribution in [0.2, 0.25) is 0 Å². The van der Waals surface area contributed by atoms with Crippen molar-refractivity contribution in [3.8, 4) is 0 Å². The lowest BCUT2D eigenvalue weighted by Gasteiger charge is -2.20. The Kier molecular flexibility index (Phi) is 3.68. The number of ether oxygens (including phenoxy) is 1. The molecule has 0 spiro atoms. The molecule has 2 aliphatic rings. The number of nitrogens with one attached hydrogen (secondary N) is 1. The summed E-state index contributed by atoms with van der Waals surface area (Å²) in [4.78, 5) is 9.57. The third kappa shape index (κ3) is 2.35. The van der Waals surface area contributed by atoms with Gasteiger partial charge in [0.25, 0.3) is 0 Å². The Morgan fingerprint density at radius 3 is 2.63 bits per heavy atom. The van der Waals surface area contributed by atoms with Crippen molar-refractivity contribution < 1.29 is 4.74 Å². The van der Waals surface area contributed by atoms with Crippen LogP contribution >= 0.6 is 22.6 Å². The molecule has 0 aromatic carbocycles. The first-order valence-electron chi connectivity index (χ1n) is 7.00. The number of anilines is 1. The molecular weight excluding hydrogens is 353 g/mol. The van der Waals surface area contributed by atoms with E-state index in [1.54, 1.807) is 0 Å². The van der Waals surface area contributed by atoms with Gasteiger partial charge in [-0.1, -0.05) is 13.8 Å². The first-order chi connectivity index (χ1) is 9.10. The fourth-order valence-corrected chi connectivity index (χ4v) is 4.24. The summed E-state index contributed by atoms with van der Waals surface area (Å²) in [6.45, 7) is 4.37. The van der Waals surface area contributed by atoms with Crippen LogP contribution in [0.3, 0.4) is 0 Å². The van der Waals surface area contributed by atoms with Gasteiger partial charge in [-0.2, -0.15) is 0 Å². The molecule has 2 fully saturated rings. The molecule has 3 atom stereocenters. The van der Waals surface area contributed by atoms with Gasteiger partial charge in [-0.3, -0.25) is 0 Å². The van der Waals surface area contributed by atoms with Crippen LogP contribution in [-0.4, -0.2) is 29.2 Å². The number of halogens is 1. The Bertz CT molecular complexity index is 492. The fourth-order valence-electron chi connectivity index (χ4n) is 3.11. The third-order valence-corrected chi connectivity index (χ3v) is 5.18. The highest BCUT2D eigenvalue weighted by atomic mass is 127. The third-order valence-electron chi connectivity index (χ3n) is 4.12. The molecule has 0 radical (unpaired) electrons. The first kappa shape index (κ1) is 13.5. The fraction of sp³-hybridized carbons (Fsp3) is 0.714. The van der Waals surface area contributed by atoms with Gasteiger partial charge < -0.3 is 10.1 Å². The largest absolute Gasteiger partial charge is 0.374 e. The molecule has 5 heteroatoms. The molecule has 2 saturated heterocycles. The van der Waals surface area contributed by atoms with Gasteiger partial charge in [0, 0.05) is 13.0 Å². The lowest BCUT2D eigenvalue weighted by Crippen LogP contribution is -2.19. The second kappa shape index (κ2) is 5.16. The summed E-state index contributed by atoms with van der Waals surface area (Å²) in [6, 6.07) is 0. The average molecular weight is 373 g/mol. The van der Waals surface area contributed by atoms with E-state index in [0.29, 0.717) is 24.0 Å². The van der Waals surface area contributed by atoms with E-state index in [9.17, 15) is 0 Å². The summed E-state index contributed by atoms with van der Waals surface area (Å²) in [5.41, 5.74) is 1.15. The molecule has 0 aliphatic carbocycles. The van der Waals surface area contributed by atoms with E-state index in [2.05, 4.69) is 41.8 Å². The number of hydrogen-bond acceptors (Lipinski definition) is 4. The summed E-state index contributed by atoms with van der Waals surface area (Å²) < 4.78 is 7.08. The van der Waals surface area contributed by atoms with Crippen LogP contribution in [0, 0.1) is 3.57 Å². The molecule has 3 rings (SSSR count). The maximum atomic E-state index is 5.94. The minimum atomic E-state index is 0.342. The van der Waals surface area contributed by atoms with Crippen LogP contribution in [0.1, 0.15) is 56.5 Å². The molecule has 0 saturated carbocycles. The van der Waals surface area contributed by atoms with Gasteiger partial charge in [0.2, 0.25) is 0 Å². The number of hydrogen-bond donors (Lipinski definition) is 1. The van der Waals surface area contributed by atoms with Crippen molar-refractivity contribution in [2.75, 3.05) is 12.4 Å². The predicted molar refractivity (Wildman–Crippen MR) is 83.6 cm³/mol. The highest BCUT2D eigenvalue weighted by molar-refractivity contribution is 14.1. The number of rotatable bonds is 3.